The van der Waals surface area contributed by atoms with Crippen LogP contribution in [0.4, 0.5) is 5.69 Å². The van der Waals surface area contributed by atoms with E-state index in [2.05, 4.69) is 4.72 Å². The quantitative estimate of drug-likeness (QED) is 0.832. The number of benzene rings is 1. The first kappa shape index (κ1) is 15.8. The Morgan fingerprint density at radius 2 is 1.79 bits per heavy atom. The molecule has 3 N–H and O–H groups in total. The highest BCUT2D eigenvalue weighted by atomic mass is 32.2. The molecule has 0 bridgehead atoms. The molecule has 5 nitrogen and oxygen atoms in total. The van der Waals surface area contributed by atoms with Crippen LogP contribution in [0.3, 0.4) is 0 Å². The summed E-state index contributed by atoms with van der Waals surface area (Å²) in [6, 6.07) is 1.58. The fraction of sp³-hybridized carbons (Fsp3) is 0.538. The minimum atomic E-state index is -3.60. The molecule has 0 saturated heterocycles. The van der Waals surface area contributed by atoms with Gasteiger partial charge < -0.3 is 10.5 Å². The van der Waals surface area contributed by atoms with Crippen molar-refractivity contribution in [1.29, 1.82) is 0 Å². The Morgan fingerprint density at radius 3 is 2.21 bits per heavy atom. The first-order valence-corrected chi connectivity index (χ1v) is 7.45. The molecular formula is C13H22N2O3S. The standard InChI is InChI=1S/C13H22N2O3S/c1-8-7-10(9(2)11(14)12(8)18-6)19(16,17)15-13(3,4)5/h7,15H,14H2,1-6H3. The minimum absolute atomic E-state index is 0.193. The van der Waals surface area contributed by atoms with Gasteiger partial charge in [0.05, 0.1) is 17.7 Å². The zero-order valence-electron chi connectivity index (χ0n) is 12.3. The van der Waals surface area contributed by atoms with Crippen LogP contribution in [0.1, 0.15) is 31.9 Å². The van der Waals surface area contributed by atoms with Gasteiger partial charge in [0.25, 0.3) is 0 Å². The van der Waals surface area contributed by atoms with Crippen LogP contribution in [0.25, 0.3) is 0 Å². The molecule has 0 spiro atoms. The second-order valence-electron chi connectivity index (χ2n) is 5.62. The summed E-state index contributed by atoms with van der Waals surface area (Å²) in [6.07, 6.45) is 0. The summed E-state index contributed by atoms with van der Waals surface area (Å²) in [7, 11) is -2.09. The molecule has 0 aromatic heterocycles. The van der Waals surface area contributed by atoms with Gasteiger partial charge in [0.1, 0.15) is 5.75 Å². The van der Waals surface area contributed by atoms with Crippen LogP contribution in [-0.4, -0.2) is 21.1 Å². The molecule has 0 heterocycles. The Balaban J connectivity index is 3.45. The lowest BCUT2D eigenvalue weighted by atomic mass is 10.1. The highest BCUT2D eigenvalue weighted by molar-refractivity contribution is 7.89. The third-order valence-electron chi connectivity index (χ3n) is 2.66. The van der Waals surface area contributed by atoms with E-state index in [1.807, 2.05) is 0 Å². The molecule has 1 aromatic rings. The first-order chi connectivity index (χ1) is 8.49. The van der Waals surface area contributed by atoms with E-state index in [0.717, 1.165) is 0 Å². The van der Waals surface area contributed by atoms with Crippen LogP contribution in [0, 0.1) is 13.8 Å². The Labute approximate surface area is 115 Å². The molecule has 0 amide bonds. The largest absolute Gasteiger partial charge is 0.494 e. The number of hydrogen-bond donors (Lipinski definition) is 2. The average Bonchev–Trinajstić information content (AvgIpc) is 2.20. The van der Waals surface area contributed by atoms with Crippen LogP contribution in [-0.2, 0) is 10.0 Å². The van der Waals surface area contributed by atoms with Crippen molar-refractivity contribution in [2.45, 2.75) is 45.1 Å². The summed E-state index contributed by atoms with van der Waals surface area (Å²) in [6.45, 7) is 8.82. The number of aryl methyl sites for hydroxylation is 1. The first-order valence-electron chi connectivity index (χ1n) is 5.97. The minimum Gasteiger partial charge on any atom is -0.494 e. The van der Waals surface area contributed by atoms with E-state index < -0.39 is 15.6 Å². The van der Waals surface area contributed by atoms with E-state index in [1.54, 1.807) is 40.7 Å². The van der Waals surface area contributed by atoms with Crippen molar-refractivity contribution in [3.8, 4) is 5.75 Å². The van der Waals surface area contributed by atoms with E-state index >= 15 is 0 Å². The molecular weight excluding hydrogens is 264 g/mol. The molecule has 6 heteroatoms. The van der Waals surface area contributed by atoms with Gasteiger partial charge in [-0.05, 0) is 51.8 Å². The van der Waals surface area contributed by atoms with Crippen LogP contribution in [0.5, 0.6) is 5.75 Å². The summed E-state index contributed by atoms with van der Waals surface area (Å²) in [4.78, 5) is 0.193. The van der Waals surface area contributed by atoms with Crippen LogP contribution >= 0.6 is 0 Å². The van der Waals surface area contributed by atoms with Gasteiger partial charge in [-0.3, -0.25) is 0 Å². The van der Waals surface area contributed by atoms with Gasteiger partial charge in [-0.1, -0.05) is 0 Å². The number of methoxy groups -OCH3 is 1. The van der Waals surface area contributed by atoms with E-state index in [9.17, 15) is 8.42 Å². The van der Waals surface area contributed by atoms with Crippen molar-refractivity contribution >= 4 is 15.7 Å². The van der Waals surface area contributed by atoms with Gasteiger partial charge in [0.2, 0.25) is 10.0 Å². The van der Waals surface area contributed by atoms with Gasteiger partial charge in [0.15, 0.2) is 0 Å². The van der Waals surface area contributed by atoms with Crippen LogP contribution in [0.2, 0.25) is 0 Å². The predicted octanol–water partition coefficient (Wildman–Crippen LogP) is 1.97. The molecule has 1 rings (SSSR count). The number of hydrogen-bond acceptors (Lipinski definition) is 4. The van der Waals surface area contributed by atoms with E-state index in [0.29, 0.717) is 22.6 Å². The zero-order chi connectivity index (χ0) is 15.0. The maximum absolute atomic E-state index is 12.4. The second kappa shape index (κ2) is 5.02. The van der Waals surface area contributed by atoms with E-state index in [-0.39, 0.29) is 4.90 Å². The SMILES string of the molecule is COc1c(C)cc(S(=O)(=O)NC(C)(C)C)c(C)c1N. The molecule has 0 saturated carbocycles. The van der Waals surface area contributed by atoms with Gasteiger partial charge in [-0.25, -0.2) is 13.1 Å². The number of rotatable bonds is 3. The smallest absolute Gasteiger partial charge is 0.241 e. The maximum Gasteiger partial charge on any atom is 0.241 e. The van der Waals surface area contributed by atoms with Crippen molar-refractivity contribution in [1.82, 2.24) is 4.72 Å². The summed E-state index contributed by atoms with van der Waals surface area (Å²) in [5.41, 5.74) is 6.94. The van der Waals surface area contributed by atoms with Crippen molar-refractivity contribution in [2.24, 2.45) is 0 Å². The molecule has 0 radical (unpaired) electrons. The van der Waals surface area contributed by atoms with Gasteiger partial charge in [-0.2, -0.15) is 0 Å². The molecule has 0 aliphatic heterocycles. The van der Waals surface area contributed by atoms with Crippen molar-refractivity contribution in [2.75, 3.05) is 12.8 Å². The lowest BCUT2D eigenvalue weighted by Crippen LogP contribution is -2.40. The monoisotopic (exact) mass is 286 g/mol. The molecule has 0 atom stereocenters. The summed E-state index contributed by atoms with van der Waals surface area (Å²) in [5.74, 6) is 0.521. The average molecular weight is 286 g/mol. The number of ether oxygens (including phenoxy) is 1. The van der Waals surface area contributed by atoms with Gasteiger partial charge in [0, 0.05) is 5.54 Å². The normalized spacial score (nSPS) is 12.5. The van der Waals surface area contributed by atoms with Crippen molar-refractivity contribution in [3.05, 3.63) is 17.2 Å². The van der Waals surface area contributed by atoms with Crippen molar-refractivity contribution in [3.63, 3.8) is 0 Å². The van der Waals surface area contributed by atoms with Crippen molar-refractivity contribution < 1.29 is 13.2 Å². The van der Waals surface area contributed by atoms with E-state index in [1.165, 1.54) is 7.11 Å². The second-order valence-corrected chi connectivity index (χ2v) is 7.27. The molecule has 0 aliphatic rings. The lowest BCUT2D eigenvalue weighted by molar-refractivity contribution is 0.413. The molecule has 1 aromatic carbocycles. The third kappa shape index (κ3) is 3.39. The molecule has 19 heavy (non-hydrogen) atoms. The topological polar surface area (TPSA) is 81.4 Å². The summed E-state index contributed by atoms with van der Waals surface area (Å²) >= 11 is 0. The number of nitrogens with two attached hydrogens (primary N) is 1. The molecule has 0 fully saturated rings. The highest BCUT2D eigenvalue weighted by Gasteiger charge is 2.26. The number of nitrogens with one attached hydrogen (secondary N) is 1. The van der Waals surface area contributed by atoms with Gasteiger partial charge in [-0.15, -0.1) is 0 Å². The molecule has 0 unspecified atom stereocenters. The molecule has 0 aliphatic carbocycles. The Hall–Kier alpha value is -1.27. The maximum atomic E-state index is 12.4. The van der Waals surface area contributed by atoms with Crippen LogP contribution < -0.4 is 15.2 Å². The predicted molar refractivity (Wildman–Crippen MR) is 77.0 cm³/mol. The highest BCUT2D eigenvalue weighted by Crippen LogP contribution is 2.33. The summed E-state index contributed by atoms with van der Waals surface area (Å²) < 4.78 is 32.5. The van der Waals surface area contributed by atoms with Crippen LogP contribution in [0.15, 0.2) is 11.0 Å². The number of nitrogen functional groups attached to an aromatic ring is 1. The zero-order valence-corrected chi connectivity index (χ0v) is 13.1. The Bertz CT molecular complexity index is 587. The Morgan fingerprint density at radius 1 is 1.26 bits per heavy atom. The Kier molecular flexibility index (Phi) is 4.17. The summed E-state index contributed by atoms with van der Waals surface area (Å²) in [5, 5.41) is 0. The number of anilines is 1. The fourth-order valence-electron chi connectivity index (χ4n) is 1.89. The third-order valence-corrected chi connectivity index (χ3v) is 4.54. The number of sulfonamides is 1. The molecule has 108 valence electrons. The lowest BCUT2D eigenvalue weighted by Gasteiger charge is -2.22. The van der Waals surface area contributed by atoms with Gasteiger partial charge >= 0.3 is 0 Å². The van der Waals surface area contributed by atoms with E-state index in [4.69, 9.17) is 10.5 Å². The fourth-order valence-corrected chi connectivity index (χ4v) is 3.66.